The van der Waals surface area contributed by atoms with E-state index in [0.717, 1.165) is 42.8 Å². The highest BCUT2D eigenvalue weighted by atomic mass is 16.6. The van der Waals surface area contributed by atoms with Crippen LogP contribution in [0, 0.1) is 20.8 Å². The van der Waals surface area contributed by atoms with Crippen LogP contribution in [0.2, 0.25) is 0 Å². The Balaban J connectivity index is 2.68. The molecule has 0 aliphatic heterocycles. The van der Waals surface area contributed by atoms with Gasteiger partial charge in [0.25, 0.3) is 5.56 Å². The molecule has 1 heterocycles. The van der Waals surface area contributed by atoms with Crippen LogP contribution in [-0.2, 0) is 44.7 Å². The van der Waals surface area contributed by atoms with E-state index < -0.39 is 48.8 Å². The van der Waals surface area contributed by atoms with Crippen LogP contribution in [0.25, 0.3) is 10.9 Å². The van der Waals surface area contributed by atoms with Gasteiger partial charge in [0.2, 0.25) is 0 Å². The van der Waals surface area contributed by atoms with E-state index in [2.05, 4.69) is 0 Å². The van der Waals surface area contributed by atoms with Crippen molar-refractivity contribution in [3.8, 4) is 0 Å². The van der Waals surface area contributed by atoms with Crippen molar-refractivity contribution in [1.82, 2.24) is 4.57 Å². The van der Waals surface area contributed by atoms with Gasteiger partial charge in [0, 0.05) is 39.1 Å². The fourth-order valence-electron chi connectivity index (χ4n) is 3.89. The van der Waals surface area contributed by atoms with E-state index in [9.17, 15) is 24.0 Å². The summed E-state index contributed by atoms with van der Waals surface area (Å²) in [5.41, 5.74) is 2.86. The maximum absolute atomic E-state index is 13.1. The summed E-state index contributed by atoms with van der Waals surface area (Å²) in [5, 5.41) is 0.828. The Bertz CT molecular complexity index is 1200. The summed E-state index contributed by atoms with van der Waals surface area (Å²) in [6.45, 7) is 9.54. The number of nitrogens with zero attached hydrogens (tertiary/aromatic N) is 1. The van der Waals surface area contributed by atoms with Crippen LogP contribution in [-0.4, -0.2) is 53.4 Å². The first-order valence-electron chi connectivity index (χ1n) is 11.1. The van der Waals surface area contributed by atoms with Crippen molar-refractivity contribution in [1.29, 1.82) is 0 Å². The predicted octanol–water partition coefficient (Wildman–Crippen LogP) is 2.28. The summed E-state index contributed by atoms with van der Waals surface area (Å²) in [7, 11) is 0. The SMILES string of the molecule is CC(=O)OC[C@@H](OC(C)=O)[C@H](OC(C)=O)[C@H](Cn1c(=O)cc(C)c2ccc(C)c(C)c21)OC(C)=O. The molecule has 0 radical (unpaired) electrons. The van der Waals surface area contributed by atoms with Crippen LogP contribution in [0.5, 0.6) is 0 Å². The van der Waals surface area contributed by atoms with Gasteiger partial charge in [-0.15, -0.1) is 0 Å². The molecular weight excluding hydrogens is 458 g/mol. The molecule has 2 rings (SSSR count). The van der Waals surface area contributed by atoms with Gasteiger partial charge in [-0.25, -0.2) is 0 Å². The van der Waals surface area contributed by atoms with E-state index in [-0.39, 0.29) is 12.1 Å². The van der Waals surface area contributed by atoms with Gasteiger partial charge in [-0.1, -0.05) is 12.1 Å². The monoisotopic (exact) mass is 489 g/mol. The zero-order valence-corrected chi connectivity index (χ0v) is 21.0. The summed E-state index contributed by atoms with van der Waals surface area (Å²) in [6.07, 6.45) is -3.91. The van der Waals surface area contributed by atoms with Gasteiger partial charge < -0.3 is 23.5 Å². The van der Waals surface area contributed by atoms with Gasteiger partial charge in [0.15, 0.2) is 18.3 Å². The van der Waals surface area contributed by atoms with E-state index in [0.29, 0.717) is 5.52 Å². The summed E-state index contributed by atoms with van der Waals surface area (Å²) in [6, 6.07) is 5.31. The highest BCUT2D eigenvalue weighted by Crippen LogP contribution is 2.25. The van der Waals surface area contributed by atoms with Crippen LogP contribution in [0.4, 0.5) is 0 Å². The second-order valence-electron chi connectivity index (χ2n) is 8.35. The third-order valence-electron chi connectivity index (χ3n) is 5.49. The lowest BCUT2D eigenvalue weighted by molar-refractivity contribution is -0.190. The quantitative estimate of drug-likeness (QED) is 0.385. The van der Waals surface area contributed by atoms with Gasteiger partial charge in [-0.3, -0.25) is 24.0 Å². The van der Waals surface area contributed by atoms with Crippen LogP contribution >= 0.6 is 0 Å². The number of benzene rings is 1. The van der Waals surface area contributed by atoms with Gasteiger partial charge in [0.05, 0.1) is 12.1 Å². The minimum absolute atomic E-state index is 0.213. The Hall–Kier alpha value is -3.69. The molecule has 0 amide bonds. The second-order valence-corrected chi connectivity index (χ2v) is 8.35. The number of fused-ring (bicyclic) bond motifs is 1. The minimum atomic E-state index is -1.37. The molecule has 0 aliphatic carbocycles. The lowest BCUT2D eigenvalue weighted by Crippen LogP contribution is -2.49. The van der Waals surface area contributed by atoms with Crippen molar-refractivity contribution < 1.29 is 38.1 Å². The third kappa shape index (κ3) is 7.14. The molecule has 3 atom stereocenters. The molecule has 190 valence electrons. The summed E-state index contributed by atoms with van der Waals surface area (Å²) < 4.78 is 22.6. The van der Waals surface area contributed by atoms with Gasteiger partial charge in [0.1, 0.15) is 6.61 Å². The number of aryl methyl sites for hydroxylation is 3. The number of pyridine rings is 1. The Kier molecular flexibility index (Phi) is 9.16. The highest BCUT2D eigenvalue weighted by Gasteiger charge is 2.38. The van der Waals surface area contributed by atoms with E-state index in [1.165, 1.54) is 17.6 Å². The molecule has 0 aliphatic rings. The highest BCUT2D eigenvalue weighted by molar-refractivity contribution is 5.86. The molecule has 0 bridgehead atoms. The number of carbonyl (C=O) groups is 4. The first-order chi connectivity index (χ1) is 16.3. The van der Waals surface area contributed by atoms with E-state index in [4.69, 9.17) is 18.9 Å². The Morgan fingerprint density at radius 3 is 1.91 bits per heavy atom. The maximum atomic E-state index is 13.1. The summed E-state index contributed by atoms with van der Waals surface area (Å²) in [4.78, 5) is 60.3. The molecule has 10 nitrogen and oxygen atoms in total. The Morgan fingerprint density at radius 2 is 1.37 bits per heavy atom. The molecular formula is C25H31NO9. The topological polar surface area (TPSA) is 127 Å². The predicted molar refractivity (Wildman–Crippen MR) is 126 cm³/mol. The standard InChI is InChI=1S/C25H31NO9/c1-13-8-9-20-14(2)10-23(31)26(24(20)15(13)3)11-21(33-17(5)28)25(35-19(7)30)22(34-18(6)29)12-32-16(4)27/h8-10,21-22,25H,11-12H2,1-7H3/t21-,22+,25+/m0/s1. The molecule has 10 heteroatoms. The zero-order valence-electron chi connectivity index (χ0n) is 21.0. The summed E-state index contributed by atoms with van der Waals surface area (Å²) >= 11 is 0. The van der Waals surface area contributed by atoms with Crippen molar-refractivity contribution >= 4 is 34.8 Å². The van der Waals surface area contributed by atoms with Gasteiger partial charge in [-0.2, -0.15) is 0 Å². The first-order valence-corrected chi connectivity index (χ1v) is 11.1. The number of rotatable bonds is 9. The first kappa shape index (κ1) is 27.6. The molecule has 1 aromatic heterocycles. The minimum Gasteiger partial charge on any atom is -0.462 e. The second kappa shape index (κ2) is 11.6. The molecule has 0 fully saturated rings. The van der Waals surface area contributed by atoms with E-state index in [1.54, 1.807) is 0 Å². The number of hydrogen-bond acceptors (Lipinski definition) is 9. The van der Waals surface area contributed by atoms with E-state index in [1.807, 2.05) is 32.9 Å². The zero-order chi connectivity index (χ0) is 26.4. The number of esters is 4. The third-order valence-corrected chi connectivity index (χ3v) is 5.49. The number of ether oxygens (including phenoxy) is 4. The molecule has 2 aromatic rings. The van der Waals surface area contributed by atoms with Crippen molar-refractivity contribution in [2.45, 2.75) is 73.3 Å². The van der Waals surface area contributed by atoms with Crippen LogP contribution in [0.3, 0.4) is 0 Å². The smallest absolute Gasteiger partial charge is 0.303 e. The molecule has 1 aromatic carbocycles. The van der Waals surface area contributed by atoms with Crippen LogP contribution in [0.1, 0.15) is 44.4 Å². The lowest BCUT2D eigenvalue weighted by Gasteiger charge is -2.32. The fraction of sp³-hybridized carbons (Fsp3) is 0.480. The molecule has 0 saturated carbocycles. The molecule has 0 N–H and O–H groups in total. The number of carbonyl (C=O) groups excluding carboxylic acids is 4. The molecule has 0 unspecified atom stereocenters. The van der Waals surface area contributed by atoms with Crippen LogP contribution < -0.4 is 5.56 Å². The Morgan fingerprint density at radius 1 is 0.800 bits per heavy atom. The van der Waals surface area contributed by atoms with Crippen LogP contribution in [0.15, 0.2) is 23.0 Å². The normalized spacial score (nSPS) is 13.5. The summed E-state index contributed by atoms with van der Waals surface area (Å²) in [5.74, 6) is -2.84. The fourth-order valence-corrected chi connectivity index (χ4v) is 3.89. The molecule has 0 spiro atoms. The molecule has 35 heavy (non-hydrogen) atoms. The van der Waals surface area contributed by atoms with Crippen molar-refractivity contribution in [3.05, 3.63) is 45.2 Å². The average Bonchev–Trinajstić information content (AvgIpc) is 2.73. The van der Waals surface area contributed by atoms with Gasteiger partial charge in [-0.05, 0) is 37.5 Å². The van der Waals surface area contributed by atoms with E-state index >= 15 is 0 Å². The van der Waals surface area contributed by atoms with Crippen molar-refractivity contribution in [2.24, 2.45) is 0 Å². The number of aromatic nitrogens is 1. The average molecular weight is 490 g/mol. The van der Waals surface area contributed by atoms with Gasteiger partial charge >= 0.3 is 23.9 Å². The van der Waals surface area contributed by atoms with Crippen molar-refractivity contribution in [3.63, 3.8) is 0 Å². The maximum Gasteiger partial charge on any atom is 0.303 e. The largest absolute Gasteiger partial charge is 0.462 e. The number of hydrogen-bond donors (Lipinski definition) is 0. The molecule has 0 saturated heterocycles. The lowest BCUT2D eigenvalue weighted by atomic mass is 10.0. The van der Waals surface area contributed by atoms with Crippen molar-refractivity contribution in [2.75, 3.05) is 6.61 Å². The Labute approximate surface area is 203 Å².